The van der Waals surface area contributed by atoms with Gasteiger partial charge in [0.15, 0.2) is 0 Å². The standard InChI is InChI=1S/C8H13N5O/c9-7(14)8-10-6(11-12-8)5-13-3-1-2-4-13/h1-5H2,(H2,9,14)(H,10,11,12). The van der Waals surface area contributed by atoms with Crippen LogP contribution in [0.1, 0.15) is 29.3 Å². The van der Waals surface area contributed by atoms with Crippen LogP contribution in [0.5, 0.6) is 0 Å². The van der Waals surface area contributed by atoms with Gasteiger partial charge in [-0.15, -0.1) is 10.2 Å². The first kappa shape index (κ1) is 9.14. The highest BCUT2D eigenvalue weighted by molar-refractivity contribution is 5.88. The van der Waals surface area contributed by atoms with E-state index in [1.165, 1.54) is 12.8 Å². The van der Waals surface area contributed by atoms with E-state index in [2.05, 4.69) is 20.1 Å². The Morgan fingerprint density at radius 2 is 2.14 bits per heavy atom. The minimum absolute atomic E-state index is 0.138. The number of carbonyl (C=O) groups is 1. The molecule has 2 heterocycles. The van der Waals surface area contributed by atoms with Crippen LogP contribution in [-0.4, -0.2) is 39.1 Å². The van der Waals surface area contributed by atoms with Gasteiger partial charge in [-0.1, -0.05) is 0 Å². The van der Waals surface area contributed by atoms with Crippen molar-refractivity contribution >= 4 is 5.91 Å². The molecule has 0 spiro atoms. The minimum atomic E-state index is -0.565. The zero-order chi connectivity index (χ0) is 9.97. The molecule has 3 N–H and O–H groups in total. The van der Waals surface area contributed by atoms with Crippen LogP contribution in [0.15, 0.2) is 0 Å². The van der Waals surface area contributed by atoms with Gasteiger partial charge in [0.25, 0.3) is 5.91 Å². The molecular weight excluding hydrogens is 182 g/mol. The summed E-state index contributed by atoms with van der Waals surface area (Å²) >= 11 is 0. The molecule has 1 aromatic heterocycles. The lowest BCUT2D eigenvalue weighted by molar-refractivity contribution is 0.0990. The second kappa shape index (κ2) is 3.75. The summed E-state index contributed by atoms with van der Waals surface area (Å²) in [5.41, 5.74) is 5.05. The molecule has 1 amide bonds. The highest BCUT2D eigenvalue weighted by Gasteiger charge is 2.14. The number of hydrogen-bond acceptors (Lipinski definition) is 4. The number of rotatable bonds is 3. The van der Waals surface area contributed by atoms with E-state index < -0.39 is 5.91 Å². The average Bonchev–Trinajstić information content (AvgIpc) is 2.75. The predicted molar refractivity (Wildman–Crippen MR) is 49.4 cm³/mol. The Morgan fingerprint density at radius 1 is 1.43 bits per heavy atom. The van der Waals surface area contributed by atoms with Crippen LogP contribution in [0.25, 0.3) is 0 Å². The Bertz CT molecular complexity index is 328. The first-order valence-electron chi connectivity index (χ1n) is 4.69. The van der Waals surface area contributed by atoms with E-state index >= 15 is 0 Å². The van der Waals surface area contributed by atoms with Crippen LogP contribution in [0, 0.1) is 0 Å². The molecule has 1 aliphatic rings. The first-order valence-corrected chi connectivity index (χ1v) is 4.69. The van der Waals surface area contributed by atoms with Gasteiger partial charge in [0, 0.05) is 0 Å². The van der Waals surface area contributed by atoms with Gasteiger partial charge in [-0.2, -0.15) is 0 Å². The average molecular weight is 195 g/mol. The maximum absolute atomic E-state index is 10.7. The maximum atomic E-state index is 10.7. The van der Waals surface area contributed by atoms with Crippen molar-refractivity contribution in [2.24, 2.45) is 5.73 Å². The fraction of sp³-hybridized carbons (Fsp3) is 0.625. The fourth-order valence-electron chi connectivity index (χ4n) is 1.63. The van der Waals surface area contributed by atoms with Crippen molar-refractivity contribution < 1.29 is 4.79 Å². The number of H-pyrrole nitrogens is 1. The summed E-state index contributed by atoms with van der Waals surface area (Å²) in [6.45, 7) is 2.90. The Hall–Kier alpha value is -1.43. The molecule has 0 aliphatic carbocycles. The Morgan fingerprint density at radius 3 is 2.71 bits per heavy atom. The second-order valence-corrected chi connectivity index (χ2v) is 3.47. The molecule has 14 heavy (non-hydrogen) atoms. The molecule has 6 heteroatoms. The number of amides is 1. The van der Waals surface area contributed by atoms with E-state index in [0.29, 0.717) is 5.82 Å². The molecule has 2 rings (SSSR count). The lowest BCUT2D eigenvalue weighted by Crippen LogP contribution is -2.19. The van der Waals surface area contributed by atoms with Gasteiger partial charge in [0.1, 0.15) is 5.82 Å². The van der Waals surface area contributed by atoms with E-state index in [-0.39, 0.29) is 5.82 Å². The number of nitrogens with one attached hydrogen (secondary N) is 1. The number of aromatic nitrogens is 3. The Kier molecular flexibility index (Phi) is 2.45. The molecule has 0 atom stereocenters. The van der Waals surface area contributed by atoms with E-state index in [1.54, 1.807) is 0 Å². The van der Waals surface area contributed by atoms with Crippen LogP contribution in [-0.2, 0) is 6.54 Å². The molecule has 76 valence electrons. The number of aromatic amines is 1. The summed E-state index contributed by atoms with van der Waals surface area (Å²) in [6.07, 6.45) is 2.47. The van der Waals surface area contributed by atoms with Crippen molar-refractivity contribution in [3.63, 3.8) is 0 Å². The summed E-state index contributed by atoms with van der Waals surface area (Å²) < 4.78 is 0. The SMILES string of the molecule is NC(=O)c1nnc(CN2CCCC2)[nH]1. The molecule has 6 nitrogen and oxygen atoms in total. The highest BCUT2D eigenvalue weighted by Crippen LogP contribution is 2.09. The van der Waals surface area contributed by atoms with Gasteiger partial charge in [0.05, 0.1) is 6.54 Å². The van der Waals surface area contributed by atoms with Gasteiger partial charge in [-0.3, -0.25) is 9.69 Å². The summed E-state index contributed by atoms with van der Waals surface area (Å²) in [5, 5.41) is 7.50. The van der Waals surface area contributed by atoms with Gasteiger partial charge in [-0.25, -0.2) is 0 Å². The quantitative estimate of drug-likeness (QED) is 0.680. The monoisotopic (exact) mass is 195 g/mol. The van der Waals surface area contributed by atoms with Crippen molar-refractivity contribution in [2.45, 2.75) is 19.4 Å². The molecule has 1 aliphatic heterocycles. The number of primary amides is 1. The number of nitrogens with two attached hydrogens (primary N) is 1. The lowest BCUT2D eigenvalue weighted by Gasteiger charge is -2.10. The van der Waals surface area contributed by atoms with E-state index in [4.69, 9.17) is 5.73 Å². The number of carbonyl (C=O) groups excluding carboxylic acids is 1. The number of likely N-dealkylation sites (tertiary alicyclic amines) is 1. The summed E-state index contributed by atoms with van der Waals surface area (Å²) in [6, 6.07) is 0. The molecule has 0 unspecified atom stereocenters. The molecule has 1 aromatic rings. The third-order valence-electron chi connectivity index (χ3n) is 2.34. The smallest absolute Gasteiger partial charge is 0.286 e. The zero-order valence-electron chi connectivity index (χ0n) is 7.86. The van der Waals surface area contributed by atoms with Crippen LogP contribution < -0.4 is 5.73 Å². The van der Waals surface area contributed by atoms with Crippen LogP contribution in [0.3, 0.4) is 0 Å². The summed E-state index contributed by atoms with van der Waals surface area (Å²) in [7, 11) is 0. The maximum Gasteiger partial charge on any atom is 0.286 e. The normalized spacial score (nSPS) is 17.4. The largest absolute Gasteiger partial charge is 0.363 e. The van der Waals surface area contributed by atoms with Crippen molar-refractivity contribution in [1.82, 2.24) is 20.1 Å². The molecular formula is C8H13N5O. The third kappa shape index (κ3) is 1.90. The van der Waals surface area contributed by atoms with Crippen LogP contribution in [0.4, 0.5) is 0 Å². The van der Waals surface area contributed by atoms with Gasteiger partial charge in [0.2, 0.25) is 5.82 Å². The molecule has 0 aromatic carbocycles. The summed E-state index contributed by atoms with van der Waals surface area (Å²) in [5.74, 6) is 0.282. The lowest BCUT2D eigenvalue weighted by atomic mass is 10.4. The molecule has 0 radical (unpaired) electrons. The second-order valence-electron chi connectivity index (χ2n) is 3.47. The molecule has 1 fully saturated rings. The van der Waals surface area contributed by atoms with Gasteiger partial charge < -0.3 is 10.7 Å². The van der Waals surface area contributed by atoms with Crippen LogP contribution in [0.2, 0.25) is 0 Å². The van der Waals surface area contributed by atoms with Gasteiger partial charge in [-0.05, 0) is 25.9 Å². The zero-order valence-corrected chi connectivity index (χ0v) is 7.86. The van der Waals surface area contributed by atoms with Crippen molar-refractivity contribution in [2.75, 3.05) is 13.1 Å². The summed E-state index contributed by atoms with van der Waals surface area (Å²) in [4.78, 5) is 15.8. The van der Waals surface area contributed by atoms with Crippen LogP contribution >= 0.6 is 0 Å². The van der Waals surface area contributed by atoms with E-state index in [0.717, 1.165) is 19.6 Å². The van der Waals surface area contributed by atoms with E-state index in [9.17, 15) is 4.79 Å². The van der Waals surface area contributed by atoms with Crippen molar-refractivity contribution in [3.8, 4) is 0 Å². The highest BCUT2D eigenvalue weighted by atomic mass is 16.1. The third-order valence-corrected chi connectivity index (χ3v) is 2.34. The predicted octanol–water partition coefficient (Wildman–Crippen LogP) is -0.501. The molecule has 0 bridgehead atoms. The first-order chi connectivity index (χ1) is 6.75. The van der Waals surface area contributed by atoms with E-state index in [1.807, 2.05) is 0 Å². The fourth-order valence-corrected chi connectivity index (χ4v) is 1.63. The Labute approximate surface area is 81.5 Å². The minimum Gasteiger partial charge on any atom is -0.363 e. The molecule has 0 saturated carbocycles. The van der Waals surface area contributed by atoms with Crippen molar-refractivity contribution in [3.05, 3.63) is 11.6 Å². The van der Waals surface area contributed by atoms with Gasteiger partial charge >= 0.3 is 0 Å². The Balaban J connectivity index is 1.98. The molecule has 1 saturated heterocycles. The van der Waals surface area contributed by atoms with Crippen molar-refractivity contribution in [1.29, 1.82) is 0 Å². The number of hydrogen-bond donors (Lipinski definition) is 2. The topological polar surface area (TPSA) is 87.9 Å². The number of nitrogens with zero attached hydrogens (tertiary/aromatic N) is 3.